The van der Waals surface area contributed by atoms with E-state index in [9.17, 15) is 9.59 Å². The molecule has 0 aliphatic heterocycles. The highest BCUT2D eigenvalue weighted by molar-refractivity contribution is 6.41. The number of benzene rings is 1. The first-order valence-electron chi connectivity index (χ1n) is 7.22. The number of nitrogens with one attached hydrogen (secondary N) is 2. The molecule has 0 saturated heterocycles. The average Bonchev–Trinajstić information content (AvgIpc) is 2.45. The smallest absolute Gasteiger partial charge is 0.313 e. The third-order valence-corrected chi connectivity index (χ3v) is 3.42. The fraction of sp³-hybridized carbons (Fsp3) is 0.500. The van der Waals surface area contributed by atoms with E-state index in [-0.39, 0.29) is 5.41 Å². The van der Waals surface area contributed by atoms with E-state index in [1.165, 1.54) is 7.11 Å². The van der Waals surface area contributed by atoms with Crippen LogP contribution in [0, 0.1) is 5.41 Å². The van der Waals surface area contributed by atoms with Crippen LogP contribution in [0.15, 0.2) is 18.2 Å². The van der Waals surface area contributed by atoms with Crippen molar-refractivity contribution in [1.29, 1.82) is 0 Å². The molecule has 0 bridgehead atoms. The first kappa shape index (κ1) is 19.3. The Hall–Kier alpha value is -1.79. The molecule has 128 valence electrons. The molecule has 0 saturated carbocycles. The van der Waals surface area contributed by atoms with Crippen molar-refractivity contribution in [2.75, 3.05) is 39.6 Å². The number of hydrogen-bond acceptors (Lipinski definition) is 4. The van der Waals surface area contributed by atoms with E-state index in [2.05, 4.69) is 10.6 Å². The van der Waals surface area contributed by atoms with Crippen molar-refractivity contribution in [2.45, 2.75) is 13.8 Å². The number of ether oxygens (including phenoxy) is 1. The fourth-order valence-corrected chi connectivity index (χ4v) is 2.43. The van der Waals surface area contributed by atoms with E-state index >= 15 is 0 Å². The Kier molecular flexibility index (Phi) is 6.84. The third kappa shape index (κ3) is 6.46. The molecule has 0 aliphatic carbocycles. The zero-order chi connectivity index (χ0) is 17.6. The highest BCUT2D eigenvalue weighted by Gasteiger charge is 2.22. The summed E-state index contributed by atoms with van der Waals surface area (Å²) in [4.78, 5) is 25.9. The summed E-state index contributed by atoms with van der Waals surface area (Å²) in [5.74, 6) is -0.871. The lowest BCUT2D eigenvalue weighted by Crippen LogP contribution is -2.43. The molecule has 0 atom stereocenters. The molecule has 2 N–H and O–H groups in total. The van der Waals surface area contributed by atoms with Crippen LogP contribution in [0.1, 0.15) is 13.8 Å². The number of rotatable bonds is 6. The molecular formula is C16H24ClN3O3. The van der Waals surface area contributed by atoms with Gasteiger partial charge in [0.2, 0.25) is 0 Å². The standard InChI is InChI=1S/C16H24ClN3O3/c1-16(2,10-20(3)4)9-18-14(21)15(22)19-13-7-6-11(23-5)8-12(13)17/h6-8H,9-10H2,1-5H3,(H,18,21)(H,19,22). The van der Waals surface area contributed by atoms with Crippen molar-refractivity contribution >= 4 is 29.1 Å². The minimum atomic E-state index is -0.752. The number of methoxy groups -OCH3 is 1. The van der Waals surface area contributed by atoms with Crippen LogP contribution in [0.2, 0.25) is 5.02 Å². The van der Waals surface area contributed by atoms with Gasteiger partial charge in [-0.25, -0.2) is 0 Å². The number of hydrogen-bond donors (Lipinski definition) is 2. The summed E-state index contributed by atoms with van der Waals surface area (Å²) >= 11 is 6.03. The maximum atomic E-state index is 11.9. The Balaban J connectivity index is 2.59. The van der Waals surface area contributed by atoms with Gasteiger partial charge in [0.25, 0.3) is 0 Å². The van der Waals surface area contributed by atoms with Crippen molar-refractivity contribution < 1.29 is 14.3 Å². The van der Waals surface area contributed by atoms with E-state index in [0.717, 1.165) is 6.54 Å². The summed E-state index contributed by atoms with van der Waals surface area (Å²) in [6, 6.07) is 4.80. The molecule has 1 rings (SSSR count). The molecule has 23 heavy (non-hydrogen) atoms. The summed E-state index contributed by atoms with van der Waals surface area (Å²) in [5.41, 5.74) is 0.220. The summed E-state index contributed by atoms with van der Waals surface area (Å²) in [7, 11) is 5.44. The van der Waals surface area contributed by atoms with Crippen LogP contribution in [0.4, 0.5) is 5.69 Å². The van der Waals surface area contributed by atoms with E-state index in [0.29, 0.717) is 23.0 Å². The summed E-state index contributed by atoms with van der Waals surface area (Å²) in [6.45, 7) is 5.23. The molecule has 1 aromatic rings. The van der Waals surface area contributed by atoms with Crippen molar-refractivity contribution in [1.82, 2.24) is 10.2 Å². The molecular weight excluding hydrogens is 318 g/mol. The average molecular weight is 342 g/mol. The maximum Gasteiger partial charge on any atom is 0.313 e. The lowest BCUT2D eigenvalue weighted by atomic mass is 9.93. The number of carbonyl (C=O) groups is 2. The Morgan fingerprint density at radius 2 is 1.91 bits per heavy atom. The normalized spacial score (nSPS) is 11.3. The van der Waals surface area contributed by atoms with Crippen molar-refractivity contribution in [3.63, 3.8) is 0 Å². The molecule has 0 unspecified atom stereocenters. The number of carbonyl (C=O) groups excluding carboxylic acids is 2. The van der Waals surface area contributed by atoms with Gasteiger partial charge in [-0.15, -0.1) is 0 Å². The van der Waals surface area contributed by atoms with Crippen LogP contribution < -0.4 is 15.4 Å². The van der Waals surface area contributed by atoms with Crippen LogP contribution in [0.5, 0.6) is 5.75 Å². The van der Waals surface area contributed by atoms with Gasteiger partial charge >= 0.3 is 11.8 Å². The van der Waals surface area contributed by atoms with Crippen molar-refractivity contribution in [2.24, 2.45) is 5.41 Å². The van der Waals surface area contributed by atoms with Crippen molar-refractivity contribution in [3.05, 3.63) is 23.2 Å². The molecule has 0 heterocycles. The fourth-order valence-electron chi connectivity index (χ4n) is 2.22. The Morgan fingerprint density at radius 3 is 2.43 bits per heavy atom. The number of nitrogens with zero attached hydrogens (tertiary/aromatic N) is 1. The predicted octanol–water partition coefficient (Wildman–Crippen LogP) is 1.99. The van der Waals surface area contributed by atoms with Crippen LogP contribution in [-0.2, 0) is 9.59 Å². The molecule has 0 fully saturated rings. The lowest BCUT2D eigenvalue weighted by molar-refractivity contribution is -0.136. The SMILES string of the molecule is COc1ccc(NC(=O)C(=O)NCC(C)(C)CN(C)C)c(Cl)c1. The second-order valence-corrected chi connectivity index (χ2v) is 6.79. The van der Waals surface area contributed by atoms with Gasteiger partial charge in [-0.3, -0.25) is 9.59 Å². The van der Waals surface area contributed by atoms with Gasteiger partial charge in [-0.05, 0) is 31.6 Å². The monoisotopic (exact) mass is 341 g/mol. The third-order valence-electron chi connectivity index (χ3n) is 3.10. The zero-order valence-electron chi connectivity index (χ0n) is 14.2. The van der Waals surface area contributed by atoms with Gasteiger partial charge in [0.15, 0.2) is 0 Å². The lowest BCUT2D eigenvalue weighted by Gasteiger charge is -2.28. The first-order valence-corrected chi connectivity index (χ1v) is 7.60. The maximum absolute atomic E-state index is 11.9. The minimum absolute atomic E-state index is 0.142. The summed E-state index contributed by atoms with van der Waals surface area (Å²) < 4.78 is 5.03. The van der Waals surface area contributed by atoms with Crippen LogP contribution in [0.25, 0.3) is 0 Å². The molecule has 0 aliphatic rings. The minimum Gasteiger partial charge on any atom is -0.497 e. The zero-order valence-corrected chi connectivity index (χ0v) is 15.0. The van der Waals surface area contributed by atoms with Gasteiger partial charge in [0.05, 0.1) is 17.8 Å². The Labute approximate surface area is 142 Å². The summed E-state index contributed by atoms with van der Waals surface area (Å²) in [6.07, 6.45) is 0. The second kappa shape index (κ2) is 8.17. The van der Waals surface area contributed by atoms with Crippen LogP contribution >= 0.6 is 11.6 Å². The molecule has 0 aromatic heterocycles. The van der Waals surface area contributed by atoms with E-state index in [4.69, 9.17) is 16.3 Å². The van der Waals surface area contributed by atoms with Crippen LogP contribution in [0.3, 0.4) is 0 Å². The van der Waals surface area contributed by atoms with E-state index < -0.39 is 11.8 Å². The Bertz CT molecular complexity index is 574. The van der Waals surface area contributed by atoms with Crippen molar-refractivity contribution in [3.8, 4) is 5.75 Å². The first-order chi connectivity index (χ1) is 10.6. The highest BCUT2D eigenvalue weighted by Crippen LogP contribution is 2.26. The van der Waals surface area contributed by atoms with E-state index in [1.54, 1.807) is 18.2 Å². The van der Waals surface area contributed by atoms with Gasteiger partial charge in [0, 0.05) is 19.2 Å². The Morgan fingerprint density at radius 1 is 1.26 bits per heavy atom. The number of amides is 2. The molecule has 1 aromatic carbocycles. The molecule has 2 amide bonds. The number of halogens is 1. The predicted molar refractivity (Wildman–Crippen MR) is 92.0 cm³/mol. The molecule has 0 radical (unpaired) electrons. The van der Waals surface area contributed by atoms with Crippen LogP contribution in [-0.4, -0.2) is 51.0 Å². The topological polar surface area (TPSA) is 70.7 Å². The highest BCUT2D eigenvalue weighted by atomic mass is 35.5. The van der Waals surface area contributed by atoms with Gasteiger partial charge in [-0.1, -0.05) is 25.4 Å². The van der Waals surface area contributed by atoms with Gasteiger partial charge < -0.3 is 20.3 Å². The molecule has 7 heteroatoms. The van der Waals surface area contributed by atoms with E-state index in [1.807, 2.05) is 32.8 Å². The summed E-state index contributed by atoms with van der Waals surface area (Å²) in [5, 5.41) is 5.44. The molecule has 6 nitrogen and oxygen atoms in total. The van der Waals surface area contributed by atoms with Gasteiger partial charge in [0.1, 0.15) is 5.75 Å². The quantitative estimate of drug-likeness (QED) is 0.776. The van der Waals surface area contributed by atoms with Gasteiger partial charge in [-0.2, -0.15) is 0 Å². The molecule has 0 spiro atoms. The largest absolute Gasteiger partial charge is 0.497 e. The second-order valence-electron chi connectivity index (χ2n) is 6.38. The number of anilines is 1.